The van der Waals surface area contributed by atoms with E-state index in [9.17, 15) is 5.11 Å². The molecule has 1 saturated heterocycles. The highest BCUT2D eigenvalue weighted by Crippen LogP contribution is 2.21. The zero-order valence-electron chi connectivity index (χ0n) is 15.1. The molecule has 2 aromatic heterocycles. The van der Waals surface area contributed by atoms with Gasteiger partial charge in [0.25, 0.3) is 0 Å². The summed E-state index contributed by atoms with van der Waals surface area (Å²) in [6.45, 7) is 4.05. The van der Waals surface area contributed by atoms with Crippen molar-refractivity contribution < 1.29 is 18.7 Å². The van der Waals surface area contributed by atoms with E-state index in [1.165, 1.54) is 0 Å². The highest BCUT2D eigenvalue weighted by atomic mass is 16.5. The van der Waals surface area contributed by atoms with Gasteiger partial charge in [0.15, 0.2) is 5.96 Å². The Kier molecular flexibility index (Phi) is 6.35. The van der Waals surface area contributed by atoms with Gasteiger partial charge in [-0.2, -0.15) is 0 Å². The van der Waals surface area contributed by atoms with Gasteiger partial charge in [0.05, 0.1) is 25.2 Å². The average molecular weight is 361 g/mol. The van der Waals surface area contributed by atoms with Crippen LogP contribution >= 0.6 is 0 Å². The molecule has 1 aliphatic heterocycles. The van der Waals surface area contributed by atoms with Crippen LogP contribution in [0.2, 0.25) is 0 Å². The highest BCUT2D eigenvalue weighted by molar-refractivity contribution is 5.79. The number of aliphatic hydroxyl groups is 1. The predicted octanol–water partition coefficient (Wildman–Crippen LogP) is 2.04. The van der Waals surface area contributed by atoms with Gasteiger partial charge in [-0.3, -0.25) is 0 Å². The van der Waals surface area contributed by atoms with Crippen LogP contribution in [0.4, 0.5) is 0 Å². The molecule has 0 saturated carbocycles. The molecular weight excluding hydrogens is 334 g/mol. The number of ether oxygens (including phenoxy) is 1. The molecule has 0 radical (unpaired) electrons. The second-order valence-corrected chi connectivity index (χ2v) is 6.69. The van der Waals surface area contributed by atoms with E-state index >= 15 is 0 Å². The van der Waals surface area contributed by atoms with Gasteiger partial charge >= 0.3 is 0 Å². The summed E-state index contributed by atoms with van der Waals surface area (Å²) >= 11 is 0. The van der Waals surface area contributed by atoms with E-state index in [1.54, 1.807) is 31.6 Å². The Morgan fingerprint density at radius 2 is 2.12 bits per heavy atom. The summed E-state index contributed by atoms with van der Waals surface area (Å²) in [5, 5.41) is 17.2. The maximum Gasteiger partial charge on any atom is 0.191 e. The van der Waals surface area contributed by atoms with E-state index in [-0.39, 0.29) is 12.6 Å². The Labute approximate surface area is 153 Å². The molecule has 142 valence electrons. The van der Waals surface area contributed by atoms with E-state index in [0.717, 1.165) is 31.6 Å². The smallest absolute Gasteiger partial charge is 0.191 e. The molecule has 2 atom stereocenters. The van der Waals surface area contributed by atoms with Crippen molar-refractivity contribution >= 4 is 5.96 Å². The first-order valence-corrected chi connectivity index (χ1v) is 9.06. The first kappa shape index (κ1) is 18.5. The molecule has 7 heteroatoms. The van der Waals surface area contributed by atoms with E-state index in [2.05, 4.69) is 15.6 Å². The van der Waals surface area contributed by atoms with Crippen LogP contribution in [0.25, 0.3) is 0 Å². The lowest BCUT2D eigenvalue weighted by atomic mass is 10.0. The number of nitrogens with zero attached hydrogens (tertiary/aromatic N) is 1. The minimum Gasteiger partial charge on any atom is -0.469 e. The van der Waals surface area contributed by atoms with Crippen molar-refractivity contribution in [3.8, 4) is 0 Å². The molecule has 3 N–H and O–H groups in total. The second-order valence-electron chi connectivity index (χ2n) is 6.69. The Bertz CT molecular complexity index is 659. The van der Waals surface area contributed by atoms with Crippen molar-refractivity contribution in [2.75, 3.05) is 26.2 Å². The van der Waals surface area contributed by atoms with Gasteiger partial charge in [0.2, 0.25) is 0 Å². The van der Waals surface area contributed by atoms with Crippen LogP contribution in [0.15, 0.2) is 50.6 Å². The molecule has 1 fully saturated rings. The SMILES string of the molecule is CC(O)(CN=C(NCCc1ccco1)NCC1CCCO1)c1ccco1. The molecule has 0 bridgehead atoms. The molecule has 0 spiro atoms. The molecule has 3 heterocycles. The van der Waals surface area contributed by atoms with Crippen molar-refractivity contribution in [2.45, 2.75) is 37.9 Å². The molecule has 0 aromatic carbocycles. The molecule has 0 aliphatic carbocycles. The minimum atomic E-state index is -1.16. The Hall–Kier alpha value is -2.25. The molecular formula is C19H27N3O4. The molecule has 2 aromatic rings. The van der Waals surface area contributed by atoms with Gasteiger partial charge in [-0.05, 0) is 44.0 Å². The average Bonchev–Trinajstić information content (AvgIpc) is 3.40. The standard InChI is InChI=1S/C19H27N3O4/c1-19(23,17-7-4-12-26-17)14-22-18(21-13-16-6-3-11-25-16)20-9-8-15-5-2-10-24-15/h2,4-5,7,10,12,16,23H,3,6,8-9,11,13-14H2,1H3,(H2,20,21,22). The number of guanidine groups is 1. The molecule has 3 rings (SSSR count). The van der Waals surface area contributed by atoms with Crippen LogP contribution in [0.1, 0.15) is 31.3 Å². The van der Waals surface area contributed by atoms with Crippen molar-refractivity contribution in [3.63, 3.8) is 0 Å². The Balaban J connectivity index is 1.56. The highest BCUT2D eigenvalue weighted by Gasteiger charge is 2.26. The zero-order valence-corrected chi connectivity index (χ0v) is 15.1. The summed E-state index contributed by atoms with van der Waals surface area (Å²) in [6.07, 6.45) is 6.32. The lowest BCUT2D eigenvalue weighted by Crippen LogP contribution is -2.42. The van der Waals surface area contributed by atoms with Crippen molar-refractivity contribution in [1.82, 2.24) is 10.6 Å². The third-order valence-corrected chi connectivity index (χ3v) is 4.36. The van der Waals surface area contributed by atoms with Crippen molar-refractivity contribution in [1.29, 1.82) is 0 Å². The van der Waals surface area contributed by atoms with E-state index < -0.39 is 5.60 Å². The summed E-state index contributed by atoms with van der Waals surface area (Å²) in [4.78, 5) is 4.53. The van der Waals surface area contributed by atoms with E-state index in [1.807, 2.05) is 12.1 Å². The van der Waals surface area contributed by atoms with Gasteiger partial charge in [-0.25, -0.2) is 4.99 Å². The number of hydrogen-bond donors (Lipinski definition) is 3. The molecule has 26 heavy (non-hydrogen) atoms. The van der Waals surface area contributed by atoms with Crippen molar-refractivity contribution in [3.05, 3.63) is 48.3 Å². The number of rotatable bonds is 8. The quantitative estimate of drug-likeness (QED) is 0.492. The number of aliphatic imine (C=N–C) groups is 1. The lowest BCUT2D eigenvalue weighted by Gasteiger charge is -2.20. The van der Waals surface area contributed by atoms with Crippen LogP contribution in [0.3, 0.4) is 0 Å². The maximum atomic E-state index is 10.6. The third kappa shape index (κ3) is 5.37. The largest absolute Gasteiger partial charge is 0.469 e. The van der Waals surface area contributed by atoms with E-state index in [4.69, 9.17) is 13.6 Å². The predicted molar refractivity (Wildman–Crippen MR) is 98.0 cm³/mol. The van der Waals surface area contributed by atoms with Gasteiger partial charge < -0.3 is 29.3 Å². The van der Waals surface area contributed by atoms with E-state index in [0.29, 0.717) is 24.8 Å². The lowest BCUT2D eigenvalue weighted by molar-refractivity contribution is 0.0436. The normalized spacial score (nSPS) is 20.1. The first-order chi connectivity index (χ1) is 12.6. The number of nitrogens with one attached hydrogen (secondary N) is 2. The zero-order chi connectivity index (χ0) is 18.2. The van der Waals surface area contributed by atoms with Crippen molar-refractivity contribution in [2.24, 2.45) is 4.99 Å². The van der Waals surface area contributed by atoms with Gasteiger partial charge in [0.1, 0.15) is 17.1 Å². The van der Waals surface area contributed by atoms with Crippen LogP contribution < -0.4 is 10.6 Å². The summed E-state index contributed by atoms with van der Waals surface area (Å²) in [5.74, 6) is 2.05. The topological polar surface area (TPSA) is 92.2 Å². The number of hydrogen-bond acceptors (Lipinski definition) is 5. The Morgan fingerprint density at radius 3 is 2.81 bits per heavy atom. The third-order valence-electron chi connectivity index (χ3n) is 4.36. The summed E-state index contributed by atoms with van der Waals surface area (Å²) in [7, 11) is 0. The van der Waals surface area contributed by atoms with Crippen LogP contribution in [0.5, 0.6) is 0 Å². The van der Waals surface area contributed by atoms with Crippen LogP contribution in [-0.4, -0.2) is 43.4 Å². The fourth-order valence-corrected chi connectivity index (χ4v) is 2.85. The van der Waals surface area contributed by atoms with Crippen LogP contribution in [-0.2, 0) is 16.8 Å². The first-order valence-electron chi connectivity index (χ1n) is 9.06. The minimum absolute atomic E-state index is 0.183. The number of furan rings is 2. The molecule has 2 unspecified atom stereocenters. The molecule has 1 aliphatic rings. The van der Waals surface area contributed by atoms with Gasteiger partial charge in [-0.15, -0.1) is 0 Å². The van der Waals surface area contributed by atoms with Crippen LogP contribution in [0, 0.1) is 0 Å². The maximum absolute atomic E-state index is 10.6. The molecule has 7 nitrogen and oxygen atoms in total. The van der Waals surface area contributed by atoms with Gasteiger partial charge in [-0.1, -0.05) is 0 Å². The Morgan fingerprint density at radius 1 is 1.27 bits per heavy atom. The summed E-state index contributed by atoms with van der Waals surface area (Å²) < 4.78 is 16.3. The summed E-state index contributed by atoms with van der Waals surface area (Å²) in [5.41, 5.74) is -1.16. The monoisotopic (exact) mass is 361 g/mol. The second kappa shape index (κ2) is 8.91. The fourth-order valence-electron chi connectivity index (χ4n) is 2.85. The fraction of sp³-hybridized carbons (Fsp3) is 0.526. The summed E-state index contributed by atoms with van der Waals surface area (Å²) in [6, 6.07) is 7.33. The van der Waals surface area contributed by atoms with Gasteiger partial charge in [0, 0.05) is 26.1 Å². The molecule has 0 amide bonds.